The van der Waals surface area contributed by atoms with Crippen LogP contribution in [0.25, 0.3) is 11.4 Å². The van der Waals surface area contributed by atoms with Gasteiger partial charge in [-0.3, -0.25) is 4.79 Å². The number of halogens is 2. The molecule has 2 fully saturated rings. The van der Waals surface area contributed by atoms with Crippen molar-refractivity contribution < 1.29 is 9.18 Å². The normalized spacial score (nSPS) is 22.0. The van der Waals surface area contributed by atoms with Crippen molar-refractivity contribution in [3.8, 4) is 11.4 Å². The zero-order valence-electron chi connectivity index (χ0n) is 16.8. The van der Waals surface area contributed by atoms with Crippen LogP contribution in [0.5, 0.6) is 0 Å². The van der Waals surface area contributed by atoms with Crippen LogP contribution in [-0.4, -0.2) is 56.4 Å². The summed E-state index contributed by atoms with van der Waals surface area (Å²) in [6.45, 7) is 0.654. The van der Waals surface area contributed by atoms with Crippen LogP contribution in [0.15, 0.2) is 49.1 Å². The molecule has 5 rings (SSSR count). The SMILES string of the molecule is CN(c1ncc(Cl)cn1)[C@@H]1C[C@@H]2C[C@@H]1N(C(=O)c1cc(F)ccc1-c1ncccn1)C2. The Balaban J connectivity index is 1.45. The van der Waals surface area contributed by atoms with Gasteiger partial charge in [-0.2, -0.15) is 0 Å². The van der Waals surface area contributed by atoms with Gasteiger partial charge in [0.2, 0.25) is 5.95 Å². The van der Waals surface area contributed by atoms with Crippen molar-refractivity contribution in [2.75, 3.05) is 18.5 Å². The van der Waals surface area contributed by atoms with Crippen LogP contribution in [0, 0.1) is 11.7 Å². The molecule has 9 heteroatoms. The Labute approximate surface area is 183 Å². The third-order valence-electron chi connectivity index (χ3n) is 6.15. The first-order valence-electron chi connectivity index (χ1n) is 10.1. The summed E-state index contributed by atoms with van der Waals surface area (Å²) in [6, 6.07) is 5.95. The number of carbonyl (C=O) groups is 1. The van der Waals surface area contributed by atoms with Gasteiger partial charge in [0.1, 0.15) is 5.82 Å². The van der Waals surface area contributed by atoms with Crippen LogP contribution in [0.4, 0.5) is 10.3 Å². The summed E-state index contributed by atoms with van der Waals surface area (Å²) >= 11 is 5.91. The lowest BCUT2D eigenvalue weighted by atomic mass is 10.0. The fourth-order valence-electron chi connectivity index (χ4n) is 4.76. The molecule has 158 valence electrons. The number of benzene rings is 1. The monoisotopic (exact) mass is 438 g/mol. The smallest absolute Gasteiger partial charge is 0.255 e. The number of aromatic nitrogens is 4. The van der Waals surface area contributed by atoms with Gasteiger partial charge in [-0.1, -0.05) is 11.6 Å². The number of fused-ring (bicyclic) bond motifs is 2. The number of carbonyl (C=O) groups excluding carboxylic acids is 1. The van der Waals surface area contributed by atoms with E-state index in [9.17, 15) is 9.18 Å². The largest absolute Gasteiger partial charge is 0.339 e. The number of likely N-dealkylation sites (N-methyl/N-ethyl adjacent to an activating group) is 1. The summed E-state index contributed by atoms with van der Waals surface area (Å²) in [5.74, 6) is 0.691. The van der Waals surface area contributed by atoms with Crippen LogP contribution >= 0.6 is 11.6 Å². The highest BCUT2D eigenvalue weighted by molar-refractivity contribution is 6.30. The summed E-state index contributed by atoms with van der Waals surface area (Å²) in [4.78, 5) is 34.5. The second kappa shape index (κ2) is 7.85. The average molecular weight is 439 g/mol. The molecule has 1 saturated carbocycles. The van der Waals surface area contributed by atoms with E-state index < -0.39 is 5.82 Å². The minimum absolute atomic E-state index is 0.00501. The second-order valence-electron chi connectivity index (χ2n) is 8.00. The van der Waals surface area contributed by atoms with E-state index in [2.05, 4.69) is 19.9 Å². The van der Waals surface area contributed by atoms with Crippen molar-refractivity contribution in [1.29, 1.82) is 0 Å². The van der Waals surface area contributed by atoms with E-state index in [1.54, 1.807) is 36.9 Å². The van der Waals surface area contributed by atoms with Crippen LogP contribution in [-0.2, 0) is 0 Å². The first-order chi connectivity index (χ1) is 15.0. The molecule has 1 amide bonds. The second-order valence-corrected chi connectivity index (χ2v) is 8.44. The molecule has 0 unspecified atom stereocenters. The molecular weight excluding hydrogens is 419 g/mol. The molecule has 3 heterocycles. The lowest BCUT2D eigenvalue weighted by Gasteiger charge is -2.38. The molecule has 2 aromatic heterocycles. The quantitative estimate of drug-likeness (QED) is 0.621. The van der Waals surface area contributed by atoms with Crippen LogP contribution in [0.3, 0.4) is 0 Å². The number of likely N-dealkylation sites (tertiary alicyclic amines) is 1. The van der Waals surface area contributed by atoms with E-state index in [4.69, 9.17) is 11.6 Å². The Bertz CT molecular complexity index is 1110. The molecule has 1 aliphatic heterocycles. The summed E-state index contributed by atoms with van der Waals surface area (Å²) in [5, 5.41) is 0.476. The Morgan fingerprint density at radius 3 is 2.61 bits per heavy atom. The Morgan fingerprint density at radius 1 is 1.16 bits per heavy atom. The molecule has 2 aliphatic rings. The van der Waals surface area contributed by atoms with Crippen molar-refractivity contribution in [1.82, 2.24) is 24.8 Å². The number of hydrogen-bond donors (Lipinski definition) is 0. The molecule has 0 N–H and O–H groups in total. The van der Waals surface area contributed by atoms with E-state index in [0.29, 0.717) is 34.8 Å². The number of nitrogens with zero attached hydrogens (tertiary/aromatic N) is 6. The molecule has 31 heavy (non-hydrogen) atoms. The van der Waals surface area contributed by atoms with Crippen molar-refractivity contribution in [3.05, 3.63) is 65.5 Å². The maximum Gasteiger partial charge on any atom is 0.255 e. The number of hydrogen-bond acceptors (Lipinski definition) is 6. The number of rotatable bonds is 4. The number of amides is 1. The van der Waals surface area contributed by atoms with Crippen molar-refractivity contribution in [2.24, 2.45) is 5.92 Å². The van der Waals surface area contributed by atoms with Gasteiger partial charge >= 0.3 is 0 Å². The zero-order valence-corrected chi connectivity index (χ0v) is 17.6. The molecule has 0 radical (unpaired) electrons. The molecule has 0 spiro atoms. The lowest BCUT2D eigenvalue weighted by Crippen LogP contribution is -2.51. The van der Waals surface area contributed by atoms with Gasteiger partial charge in [0, 0.05) is 31.5 Å². The average Bonchev–Trinajstić information content (AvgIpc) is 3.40. The molecule has 7 nitrogen and oxygen atoms in total. The first kappa shape index (κ1) is 19.8. The molecule has 2 bridgehead atoms. The third-order valence-corrected chi connectivity index (χ3v) is 6.34. The Kier molecular flexibility index (Phi) is 5.02. The molecule has 1 aliphatic carbocycles. The van der Waals surface area contributed by atoms with Gasteiger partial charge in [-0.15, -0.1) is 0 Å². The fourth-order valence-corrected chi connectivity index (χ4v) is 4.86. The van der Waals surface area contributed by atoms with E-state index in [0.717, 1.165) is 12.8 Å². The van der Waals surface area contributed by atoms with Crippen molar-refractivity contribution in [3.63, 3.8) is 0 Å². The summed E-state index contributed by atoms with van der Waals surface area (Å²) in [5.41, 5.74) is 0.809. The van der Waals surface area contributed by atoms with E-state index in [1.807, 2.05) is 16.8 Å². The van der Waals surface area contributed by atoms with Gasteiger partial charge in [0.05, 0.1) is 35.1 Å². The minimum Gasteiger partial charge on any atom is -0.339 e. The maximum atomic E-state index is 14.1. The minimum atomic E-state index is -0.462. The standard InChI is InChI=1S/C22H20ClFN6O/c1-29(22-27-10-14(23)11-28-22)18-7-13-8-19(18)30(12-13)21(31)17-9-15(24)3-4-16(17)20-25-5-2-6-26-20/h2-6,9-11,13,18-19H,7-8,12H2,1H3/t13-,18-,19+/m1/s1. The number of piperidine rings is 1. The molecule has 1 aromatic carbocycles. The van der Waals surface area contributed by atoms with Gasteiger partial charge in [-0.25, -0.2) is 24.3 Å². The predicted octanol–water partition coefficient (Wildman–Crippen LogP) is 3.47. The van der Waals surface area contributed by atoms with Gasteiger partial charge < -0.3 is 9.80 Å². The predicted molar refractivity (Wildman–Crippen MR) is 114 cm³/mol. The van der Waals surface area contributed by atoms with Crippen LogP contribution < -0.4 is 4.90 Å². The summed E-state index contributed by atoms with van der Waals surface area (Å²) in [6.07, 6.45) is 8.20. The topological polar surface area (TPSA) is 75.1 Å². The van der Waals surface area contributed by atoms with Crippen molar-refractivity contribution in [2.45, 2.75) is 24.9 Å². The maximum absolute atomic E-state index is 14.1. The third kappa shape index (κ3) is 3.61. The lowest BCUT2D eigenvalue weighted by molar-refractivity contribution is 0.0683. The Hall–Kier alpha value is -3.13. The summed E-state index contributed by atoms with van der Waals surface area (Å²) in [7, 11) is 1.93. The van der Waals surface area contributed by atoms with E-state index >= 15 is 0 Å². The molecule has 1 saturated heterocycles. The van der Waals surface area contributed by atoms with E-state index in [1.165, 1.54) is 12.1 Å². The zero-order chi connectivity index (χ0) is 21.5. The summed E-state index contributed by atoms with van der Waals surface area (Å²) < 4.78 is 14.1. The number of anilines is 1. The Morgan fingerprint density at radius 2 is 1.90 bits per heavy atom. The van der Waals surface area contributed by atoms with E-state index in [-0.39, 0.29) is 23.6 Å². The molecule has 3 aromatic rings. The fraction of sp³-hybridized carbons (Fsp3) is 0.318. The highest BCUT2D eigenvalue weighted by atomic mass is 35.5. The molecule has 3 atom stereocenters. The highest BCUT2D eigenvalue weighted by Gasteiger charge is 2.49. The first-order valence-corrected chi connectivity index (χ1v) is 10.5. The highest BCUT2D eigenvalue weighted by Crippen LogP contribution is 2.42. The van der Waals surface area contributed by atoms with Gasteiger partial charge in [-0.05, 0) is 43.0 Å². The van der Waals surface area contributed by atoms with Crippen LogP contribution in [0.1, 0.15) is 23.2 Å². The van der Waals surface area contributed by atoms with Gasteiger partial charge in [0.25, 0.3) is 5.91 Å². The van der Waals surface area contributed by atoms with Crippen molar-refractivity contribution >= 4 is 23.5 Å². The van der Waals surface area contributed by atoms with Crippen LogP contribution in [0.2, 0.25) is 5.02 Å². The molecular formula is C22H20ClFN6O. The van der Waals surface area contributed by atoms with Gasteiger partial charge in [0.15, 0.2) is 5.82 Å².